The van der Waals surface area contributed by atoms with Gasteiger partial charge in [-0.1, -0.05) is 48.1 Å². The Hall–Kier alpha value is -1.71. The summed E-state index contributed by atoms with van der Waals surface area (Å²) in [7, 11) is 2.23. The van der Waals surface area contributed by atoms with Crippen molar-refractivity contribution < 1.29 is 9.39 Å². The van der Waals surface area contributed by atoms with Gasteiger partial charge in [0.1, 0.15) is 0 Å². The van der Waals surface area contributed by atoms with Crippen molar-refractivity contribution in [1.29, 1.82) is 0 Å². The lowest BCUT2D eigenvalue weighted by molar-refractivity contribution is -1.02. The normalized spacial score (nSPS) is 32.8. The van der Waals surface area contributed by atoms with Gasteiger partial charge >= 0.3 is 0 Å². The van der Waals surface area contributed by atoms with Gasteiger partial charge < -0.3 is 0 Å². The van der Waals surface area contributed by atoms with Crippen molar-refractivity contribution in [1.82, 2.24) is 5.01 Å². The van der Waals surface area contributed by atoms with Gasteiger partial charge in [0.15, 0.2) is 12.3 Å². The predicted octanol–water partition coefficient (Wildman–Crippen LogP) is 4.39. The molecule has 0 aromatic heterocycles. The molecular formula is C24H31N2O+. The molecule has 1 aromatic rings. The first-order chi connectivity index (χ1) is 13.1. The van der Waals surface area contributed by atoms with Crippen molar-refractivity contribution in [3.8, 4) is 0 Å². The molecule has 0 spiro atoms. The fourth-order valence-electron chi connectivity index (χ4n) is 4.89. The quantitative estimate of drug-likeness (QED) is 0.586. The predicted molar refractivity (Wildman–Crippen MR) is 110 cm³/mol. The number of allylic oxidation sites excluding steroid dienone is 4. The summed E-state index contributed by atoms with van der Waals surface area (Å²) in [6, 6.07) is 11.4. The third-order valence-electron chi connectivity index (χ3n) is 6.66. The van der Waals surface area contributed by atoms with Crippen molar-refractivity contribution in [2.75, 3.05) is 20.1 Å². The van der Waals surface area contributed by atoms with Crippen LogP contribution in [0.15, 0.2) is 48.1 Å². The van der Waals surface area contributed by atoms with Gasteiger partial charge in [0.2, 0.25) is 0 Å². The van der Waals surface area contributed by atoms with Crippen molar-refractivity contribution in [2.45, 2.75) is 51.1 Å². The third kappa shape index (κ3) is 3.81. The Labute approximate surface area is 163 Å². The number of likely N-dealkylation sites (N-methyl/N-ethyl adjacent to an activating group) is 1. The zero-order valence-corrected chi connectivity index (χ0v) is 16.6. The second kappa shape index (κ2) is 7.73. The number of quaternary nitrogens is 1. The number of nitrogens with zero attached hydrogens (tertiary/aromatic N) is 2. The summed E-state index contributed by atoms with van der Waals surface area (Å²) in [4.78, 5) is 11.0. The van der Waals surface area contributed by atoms with Gasteiger partial charge in [-0.2, -0.15) is 5.01 Å². The summed E-state index contributed by atoms with van der Waals surface area (Å²) < 4.78 is 0.880. The minimum Gasteiger partial charge on any atom is -0.297 e. The van der Waals surface area contributed by atoms with E-state index in [1.165, 1.54) is 54.9 Å². The first-order valence-electron chi connectivity index (χ1n) is 10.4. The van der Waals surface area contributed by atoms with Crippen LogP contribution in [0, 0.1) is 12.3 Å². The maximum absolute atomic E-state index is 11.0. The molecule has 1 aromatic carbocycles. The second-order valence-electron chi connectivity index (χ2n) is 8.46. The molecule has 142 valence electrons. The van der Waals surface area contributed by atoms with Crippen LogP contribution in [-0.2, 0) is 4.79 Å². The molecule has 3 atom stereocenters. The Morgan fingerprint density at radius 3 is 2.63 bits per heavy atom. The van der Waals surface area contributed by atoms with E-state index in [2.05, 4.69) is 67.9 Å². The van der Waals surface area contributed by atoms with E-state index in [0.717, 1.165) is 23.8 Å². The molecule has 1 saturated carbocycles. The number of aldehydes is 1. The van der Waals surface area contributed by atoms with Crippen molar-refractivity contribution in [3.63, 3.8) is 0 Å². The second-order valence-corrected chi connectivity index (χ2v) is 8.46. The van der Waals surface area contributed by atoms with Crippen LogP contribution < -0.4 is 0 Å². The molecule has 0 N–H and O–H groups in total. The van der Waals surface area contributed by atoms with Gasteiger partial charge in [-0.25, -0.2) is 4.59 Å². The highest BCUT2D eigenvalue weighted by atomic mass is 16.1. The van der Waals surface area contributed by atoms with E-state index in [4.69, 9.17) is 0 Å². The Morgan fingerprint density at radius 1 is 1.15 bits per heavy atom. The van der Waals surface area contributed by atoms with Crippen LogP contribution in [-0.4, -0.2) is 48.1 Å². The molecule has 0 bridgehead atoms. The van der Waals surface area contributed by atoms with E-state index in [1.54, 1.807) is 0 Å². The van der Waals surface area contributed by atoms with Crippen LogP contribution in [0.4, 0.5) is 0 Å². The molecule has 3 heteroatoms. The zero-order valence-electron chi connectivity index (χ0n) is 16.6. The first kappa shape index (κ1) is 18.6. The van der Waals surface area contributed by atoms with Crippen molar-refractivity contribution in [2.24, 2.45) is 0 Å². The molecule has 2 aliphatic heterocycles. The molecule has 4 aliphatic rings. The third-order valence-corrected chi connectivity index (χ3v) is 6.66. The highest BCUT2D eigenvalue weighted by Crippen LogP contribution is 2.47. The van der Waals surface area contributed by atoms with E-state index in [-0.39, 0.29) is 6.04 Å². The number of hydrogen-bond acceptors (Lipinski definition) is 2. The topological polar surface area (TPSA) is 20.3 Å². The molecular weight excluding hydrogens is 332 g/mol. The van der Waals surface area contributed by atoms with Crippen LogP contribution in [0.5, 0.6) is 0 Å². The highest BCUT2D eigenvalue weighted by Gasteiger charge is 2.46. The molecule has 5 rings (SSSR count). The Bertz CT molecular complexity index is 738. The lowest BCUT2D eigenvalue weighted by Crippen LogP contribution is -2.61. The first-order valence-corrected chi connectivity index (χ1v) is 10.4. The summed E-state index contributed by atoms with van der Waals surface area (Å²) >= 11 is 0. The Morgan fingerprint density at radius 2 is 1.96 bits per heavy atom. The molecule has 2 unspecified atom stereocenters. The highest BCUT2D eigenvalue weighted by molar-refractivity contribution is 5.82. The van der Waals surface area contributed by atoms with Crippen LogP contribution in [0.25, 0.3) is 5.57 Å². The standard InChI is InChI=1S/C13H10.C11H21N2O/c1-2-4-10(5-3-1)11-6-7-12-9-13(12)8-11;1-10-5-3-7-12(10)13(2)8-4-6-11(13)9-14/h1-8H,9H2;9-11H,3-8H2,1-2H3/q;+1/t;10?,11?,13-/m.1/s1. The fraction of sp³-hybridized carbons (Fsp3) is 0.458. The largest absolute Gasteiger partial charge is 0.297 e. The van der Waals surface area contributed by atoms with Gasteiger partial charge in [-0.15, -0.1) is 0 Å². The number of likely N-dealkylation sites (tertiary alicyclic amines) is 1. The lowest BCUT2D eigenvalue weighted by atomic mass is 10.00. The van der Waals surface area contributed by atoms with Gasteiger partial charge in [0.05, 0.1) is 19.6 Å². The summed E-state index contributed by atoms with van der Waals surface area (Å²) in [5, 5.41) is 2.52. The number of carbonyl (C=O) groups excluding carboxylic acids is 1. The Kier molecular flexibility index (Phi) is 5.34. The minimum atomic E-state index is 0.218. The van der Waals surface area contributed by atoms with Crippen molar-refractivity contribution in [3.05, 3.63) is 66.0 Å². The van der Waals surface area contributed by atoms with Gasteiger partial charge in [0.25, 0.3) is 0 Å². The fourth-order valence-corrected chi connectivity index (χ4v) is 4.89. The number of rotatable bonds is 3. The van der Waals surface area contributed by atoms with Gasteiger partial charge in [0, 0.05) is 25.3 Å². The molecule has 0 amide bonds. The molecule has 2 heterocycles. The maximum Gasteiger partial charge on any atom is 0.179 e. The molecule has 2 radical (unpaired) electrons. The molecule has 27 heavy (non-hydrogen) atoms. The Balaban J connectivity index is 0.000000134. The monoisotopic (exact) mass is 363 g/mol. The van der Waals surface area contributed by atoms with E-state index < -0.39 is 0 Å². The molecule has 2 saturated heterocycles. The zero-order chi connectivity index (χ0) is 18.9. The van der Waals surface area contributed by atoms with E-state index in [0.29, 0.717) is 6.04 Å². The van der Waals surface area contributed by atoms with Crippen LogP contribution in [0.3, 0.4) is 0 Å². The van der Waals surface area contributed by atoms with Gasteiger partial charge in [-0.3, -0.25) is 4.79 Å². The van der Waals surface area contributed by atoms with Crippen LogP contribution >= 0.6 is 0 Å². The summed E-state index contributed by atoms with van der Waals surface area (Å²) in [6.07, 6.45) is 14.0. The van der Waals surface area contributed by atoms with Gasteiger partial charge in [-0.05, 0) is 43.7 Å². The van der Waals surface area contributed by atoms with Crippen LogP contribution in [0.2, 0.25) is 0 Å². The minimum absolute atomic E-state index is 0.218. The smallest absolute Gasteiger partial charge is 0.179 e. The summed E-state index contributed by atoms with van der Waals surface area (Å²) in [5.74, 6) is 1.51. The number of hydrogen-bond donors (Lipinski definition) is 0. The maximum atomic E-state index is 11.0. The van der Waals surface area contributed by atoms with E-state index in [1.807, 2.05) is 0 Å². The summed E-state index contributed by atoms with van der Waals surface area (Å²) in [5.41, 5.74) is 4.18. The number of fused-ring (bicyclic) bond motifs is 1. The van der Waals surface area contributed by atoms with E-state index in [9.17, 15) is 4.79 Å². The molecule has 2 aliphatic carbocycles. The van der Waals surface area contributed by atoms with Crippen LogP contribution in [0.1, 0.15) is 44.6 Å². The molecule has 3 nitrogen and oxygen atoms in total. The summed E-state index contributed by atoms with van der Waals surface area (Å²) in [6.45, 7) is 4.60. The van der Waals surface area contributed by atoms with E-state index >= 15 is 0 Å². The number of benzene rings is 1. The average molecular weight is 364 g/mol. The molecule has 3 fully saturated rings. The SMILES string of the molecule is CC1CCCN1[N@+]1(C)CCCC1C=O.[CH]1C=C(c2ccccc2)C=C2C[C]12. The number of carbonyl (C=O) groups is 1. The van der Waals surface area contributed by atoms with Crippen molar-refractivity contribution >= 4 is 11.9 Å². The average Bonchev–Trinajstić information content (AvgIpc) is 3.18. The lowest BCUT2D eigenvalue weighted by Gasteiger charge is -2.42.